The average molecular weight is 235 g/mol. The number of hydrogen-bond acceptors (Lipinski definition) is 3. The predicted octanol–water partition coefficient (Wildman–Crippen LogP) is -0.450. The maximum atomic E-state index is 11.9. The maximum Gasteiger partial charge on any atom is 0.488 e. The van der Waals surface area contributed by atoms with Crippen molar-refractivity contribution in [2.24, 2.45) is 0 Å². The highest BCUT2D eigenvalue weighted by Gasteiger charge is 2.26. The Morgan fingerprint density at radius 1 is 1.31 bits per heavy atom. The Morgan fingerprint density at radius 2 is 1.94 bits per heavy atom. The molecule has 0 aliphatic heterocycles. The summed E-state index contributed by atoms with van der Waals surface area (Å²) in [5.41, 5.74) is -0.767. The van der Waals surface area contributed by atoms with Gasteiger partial charge in [0.05, 0.1) is 0 Å². The van der Waals surface area contributed by atoms with Crippen molar-refractivity contribution in [1.29, 1.82) is 0 Å². The van der Waals surface area contributed by atoms with E-state index in [0.717, 1.165) is 12.1 Å². The molecule has 0 aromatic carbocycles. The molecule has 0 spiro atoms. The van der Waals surface area contributed by atoms with E-state index in [1.54, 1.807) is 0 Å². The minimum atomic E-state index is -4.31. The minimum Gasteiger partial charge on any atom is -0.423 e. The zero-order chi connectivity index (χ0) is 12.3. The fraction of sp³-hybridized carbons (Fsp3) is 0.375. The fourth-order valence-corrected chi connectivity index (χ4v) is 1.18. The highest BCUT2D eigenvalue weighted by molar-refractivity contribution is 6.58. The van der Waals surface area contributed by atoms with Gasteiger partial charge in [-0.3, -0.25) is 4.79 Å². The van der Waals surface area contributed by atoms with Gasteiger partial charge in [-0.15, -0.1) is 0 Å². The molecular weight excluding hydrogens is 226 g/mol. The van der Waals surface area contributed by atoms with Crippen molar-refractivity contribution in [3.8, 4) is 0 Å². The maximum absolute atomic E-state index is 11.9. The number of rotatable bonds is 3. The van der Waals surface area contributed by atoms with Crippen molar-refractivity contribution in [3.63, 3.8) is 0 Å². The number of aromatic amines is 1. The molecule has 3 N–H and O–H groups in total. The van der Waals surface area contributed by atoms with Crippen molar-refractivity contribution < 1.29 is 23.2 Å². The molecule has 0 amide bonds. The third-order valence-electron chi connectivity index (χ3n) is 1.90. The van der Waals surface area contributed by atoms with E-state index < -0.39 is 31.7 Å². The van der Waals surface area contributed by atoms with Gasteiger partial charge in [-0.1, -0.05) is 0 Å². The molecule has 16 heavy (non-hydrogen) atoms. The van der Waals surface area contributed by atoms with Gasteiger partial charge < -0.3 is 15.0 Å². The van der Waals surface area contributed by atoms with Crippen LogP contribution in [-0.4, -0.2) is 28.3 Å². The van der Waals surface area contributed by atoms with Gasteiger partial charge in [0.1, 0.15) is 0 Å². The summed E-state index contributed by atoms with van der Waals surface area (Å²) in [7, 11) is -1.87. The largest absolute Gasteiger partial charge is 0.488 e. The second-order valence-corrected chi connectivity index (χ2v) is 3.29. The van der Waals surface area contributed by atoms with Crippen LogP contribution in [0.2, 0.25) is 0 Å². The van der Waals surface area contributed by atoms with Gasteiger partial charge in [-0.25, -0.2) is 0 Å². The molecule has 0 saturated heterocycles. The lowest BCUT2D eigenvalue weighted by Gasteiger charge is -2.07. The molecule has 88 valence electrons. The number of pyridine rings is 1. The molecule has 0 radical (unpaired) electrons. The van der Waals surface area contributed by atoms with Gasteiger partial charge in [-0.05, 0) is 17.9 Å². The van der Waals surface area contributed by atoms with Crippen LogP contribution in [0.4, 0.5) is 13.2 Å². The summed E-state index contributed by atoms with van der Waals surface area (Å²) in [6.07, 6.45) is -5.79. The second kappa shape index (κ2) is 4.71. The van der Waals surface area contributed by atoms with Crippen molar-refractivity contribution in [2.75, 3.05) is 0 Å². The van der Waals surface area contributed by atoms with Crippen molar-refractivity contribution >= 4 is 12.6 Å². The summed E-state index contributed by atoms with van der Waals surface area (Å²) in [4.78, 5) is 13.2. The normalized spacial score (nSPS) is 11.6. The first-order chi connectivity index (χ1) is 7.28. The van der Waals surface area contributed by atoms with E-state index in [1.807, 2.05) is 0 Å². The number of aromatic nitrogens is 1. The minimum absolute atomic E-state index is 0.0212. The zero-order valence-electron chi connectivity index (χ0n) is 8.08. The number of H-pyrrole nitrogens is 1. The van der Waals surface area contributed by atoms with Gasteiger partial charge >= 0.3 is 13.3 Å². The smallest absolute Gasteiger partial charge is 0.423 e. The summed E-state index contributed by atoms with van der Waals surface area (Å²) in [5, 5.41) is 17.6. The molecule has 0 aliphatic rings. The summed E-state index contributed by atoms with van der Waals surface area (Å²) >= 11 is 0. The van der Waals surface area contributed by atoms with Crippen molar-refractivity contribution in [1.82, 2.24) is 4.98 Å². The van der Waals surface area contributed by atoms with Crippen LogP contribution in [0.5, 0.6) is 0 Å². The summed E-state index contributed by atoms with van der Waals surface area (Å²) in [6, 6.07) is 2.04. The molecule has 1 rings (SSSR count). The monoisotopic (exact) mass is 235 g/mol. The Balaban J connectivity index is 2.85. The highest BCUT2D eigenvalue weighted by Crippen LogP contribution is 2.20. The number of nitrogens with one attached hydrogen (secondary N) is 1. The first-order valence-electron chi connectivity index (χ1n) is 4.44. The van der Waals surface area contributed by atoms with Crippen LogP contribution in [0, 0.1) is 0 Å². The van der Waals surface area contributed by atoms with Crippen molar-refractivity contribution in [3.05, 3.63) is 28.2 Å². The van der Waals surface area contributed by atoms with Crippen LogP contribution in [0.15, 0.2) is 16.9 Å². The van der Waals surface area contributed by atoms with E-state index >= 15 is 0 Å². The summed E-state index contributed by atoms with van der Waals surface area (Å²) in [5.74, 6) is 0. The third-order valence-corrected chi connectivity index (χ3v) is 1.90. The van der Waals surface area contributed by atoms with E-state index in [0.29, 0.717) is 0 Å². The number of hydrogen-bond donors (Lipinski definition) is 3. The van der Waals surface area contributed by atoms with Gasteiger partial charge in [0.25, 0.3) is 0 Å². The Hall–Kier alpha value is -1.28. The van der Waals surface area contributed by atoms with E-state index in [2.05, 4.69) is 4.98 Å². The van der Waals surface area contributed by atoms with E-state index in [1.165, 1.54) is 0 Å². The first kappa shape index (κ1) is 12.8. The van der Waals surface area contributed by atoms with E-state index in [9.17, 15) is 18.0 Å². The molecule has 0 fully saturated rings. The predicted molar refractivity (Wildman–Crippen MR) is 51.3 cm³/mol. The molecular formula is C8H9BF3NO3. The van der Waals surface area contributed by atoms with Gasteiger partial charge in [0.2, 0.25) is 5.56 Å². The number of aryl methyl sites for hydroxylation is 1. The Labute approximate surface area is 88.9 Å². The van der Waals surface area contributed by atoms with E-state index in [-0.39, 0.29) is 11.2 Å². The van der Waals surface area contributed by atoms with Crippen LogP contribution in [-0.2, 0) is 6.42 Å². The van der Waals surface area contributed by atoms with Crippen LogP contribution in [0.3, 0.4) is 0 Å². The Morgan fingerprint density at radius 3 is 2.44 bits per heavy atom. The molecule has 1 aromatic rings. The summed E-state index contributed by atoms with van der Waals surface area (Å²) < 4.78 is 35.7. The topological polar surface area (TPSA) is 73.3 Å². The van der Waals surface area contributed by atoms with Crippen LogP contribution < -0.4 is 11.0 Å². The van der Waals surface area contributed by atoms with Crippen LogP contribution >= 0.6 is 0 Å². The fourth-order valence-electron chi connectivity index (χ4n) is 1.18. The molecule has 8 heteroatoms. The quantitative estimate of drug-likeness (QED) is 0.621. The van der Waals surface area contributed by atoms with Crippen LogP contribution in [0.25, 0.3) is 0 Å². The second-order valence-electron chi connectivity index (χ2n) is 3.29. The number of halogens is 3. The van der Waals surface area contributed by atoms with Crippen molar-refractivity contribution in [2.45, 2.75) is 19.0 Å². The van der Waals surface area contributed by atoms with Gasteiger partial charge in [-0.2, -0.15) is 13.2 Å². The Bertz CT molecular complexity index is 416. The lowest BCUT2D eigenvalue weighted by molar-refractivity contribution is -0.134. The molecule has 1 heterocycles. The van der Waals surface area contributed by atoms with E-state index in [4.69, 9.17) is 10.0 Å². The molecule has 0 atom stereocenters. The average Bonchev–Trinajstić information content (AvgIpc) is 2.13. The van der Waals surface area contributed by atoms with Gasteiger partial charge in [0.15, 0.2) is 0 Å². The Kier molecular flexibility index (Phi) is 3.76. The molecule has 0 aliphatic carbocycles. The molecule has 4 nitrogen and oxygen atoms in total. The standard InChI is InChI=1S/C8H9BF3NO3/c10-8(11,12)2-1-6-3-5(9(15)16)4-7(14)13-6/h3-4,15-16H,1-2H2,(H,13,14). The highest BCUT2D eigenvalue weighted by atomic mass is 19.4. The lowest BCUT2D eigenvalue weighted by atomic mass is 9.80. The lowest BCUT2D eigenvalue weighted by Crippen LogP contribution is -2.34. The van der Waals surface area contributed by atoms with Crippen LogP contribution in [0.1, 0.15) is 12.1 Å². The number of alkyl halides is 3. The third kappa shape index (κ3) is 4.07. The molecule has 1 aromatic heterocycles. The SMILES string of the molecule is O=c1cc(B(O)O)cc(CCC(F)(F)F)[nH]1. The zero-order valence-corrected chi connectivity index (χ0v) is 8.08. The molecule has 0 saturated carbocycles. The molecule has 0 bridgehead atoms. The first-order valence-corrected chi connectivity index (χ1v) is 4.44. The van der Waals surface area contributed by atoms with Gasteiger partial charge in [0, 0.05) is 18.2 Å². The summed E-state index contributed by atoms with van der Waals surface area (Å²) in [6.45, 7) is 0. The molecule has 0 unspecified atom stereocenters.